The zero-order valence-corrected chi connectivity index (χ0v) is 14.5. The van der Waals surface area contributed by atoms with E-state index in [1.807, 2.05) is 36.5 Å². The first-order chi connectivity index (χ1) is 11.7. The van der Waals surface area contributed by atoms with Crippen LogP contribution < -0.4 is 5.32 Å². The van der Waals surface area contributed by atoms with Crippen molar-refractivity contribution < 1.29 is 0 Å². The number of nitrogens with zero attached hydrogens (tertiary/aromatic N) is 3. The number of hydrogen-bond acceptors (Lipinski definition) is 5. The van der Waals surface area contributed by atoms with Gasteiger partial charge in [0.1, 0.15) is 0 Å². The van der Waals surface area contributed by atoms with Crippen LogP contribution in [-0.2, 0) is 0 Å². The molecule has 1 aliphatic rings. The summed E-state index contributed by atoms with van der Waals surface area (Å²) in [6.45, 7) is 0. The molecule has 0 radical (unpaired) electrons. The molecule has 1 aromatic heterocycles. The molecule has 0 aliphatic heterocycles. The van der Waals surface area contributed by atoms with Crippen molar-refractivity contribution >= 4 is 38.8 Å². The maximum Gasteiger partial charge on any atom is 0.0922 e. The average molecular weight is 382 g/mol. The molecule has 24 heavy (non-hydrogen) atoms. The van der Waals surface area contributed by atoms with E-state index in [9.17, 15) is 0 Å². The smallest absolute Gasteiger partial charge is 0.0922 e. The molecule has 0 unspecified atom stereocenters. The SMILES string of the molecule is N#C/C=C/C1CC(N/C=C(\C=N)c2cnc3ccc(Br)cc3n2)C1. The van der Waals surface area contributed by atoms with Gasteiger partial charge in [0.2, 0.25) is 0 Å². The van der Waals surface area contributed by atoms with Crippen LogP contribution in [0.5, 0.6) is 0 Å². The molecule has 1 fully saturated rings. The van der Waals surface area contributed by atoms with E-state index in [4.69, 9.17) is 10.7 Å². The van der Waals surface area contributed by atoms with Crippen molar-refractivity contribution in [2.75, 3.05) is 0 Å². The standard InChI is InChI=1S/C18H16BrN5/c19-14-3-4-16-17(8-14)24-18(11-23-16)13(9-21)10-22-15-6-12(7-15)2-1-5-20/h1-4,8-12,15,21-22H,6-7H2/b2-1+,13-10+,21-9?. The van der Waals surface area contributed by atoms with Gasteiger partial charge >= 0.3 is 0 Å². The van der Waals surface area contributed by atoms with E-state index < -0.39 is 0 Å². The molecule has 5 nitrogen and oxygen atoms in total. The third-order valence-electron chi connectivity index (χ3n) is 4.05. The average Bonchev–Trinajstić information content (AvgIpc) is 2.55. The fraction of sp³-hybridized carbons (Fsp3) is 0.222. The number of nitriles is 1. The topological polar surface area (TPSA) is 85.5 Å². The molecule has 0 atom stereocenters. The monoisotopic (exact) mass is 381 g/mol. The van der Waals surface area contributed by atoms with Crippen LogP contribution in [0.4, 0.5) is 0 Å². The molecule has 6 heteroatoms. The molecular weight excluding hydrogens is 366 g/mol. The third-order valence-corrected chi connectivity index (χ3v) is 4.54. The van der Waals surface area contributed by atoms with Crippen LogP contribution in [-0.4, -0.2) is 22.2 Å². The molecule has 0 amide bonds. The molecule has 2 aromatic rings. The van der Waals surface area contributed by atoms with Gasteiger partial charge < -0.3 is 10.7 Å². The molecule has 2 N–H and O–H groups in total. The Hall–Kier alpha value is -2.52. The third kappa shape index (κ3) is 3.69. The lowest BCUT2D eigenvalue weighted by Crippen LogP contribution is -2.37. The zero-order chi connectivity index (χ0) is 16.9. The van der Waals surface area contributed by atoms with Crippen molar-refractivity contribution in [2.24, 2.45) is 5.92 Å². The van der Waals surface area contributed by atoms with Gasteiger partial charge in [0, 0.05) is 34.6 Å². The number of fused-ring (bicyclic) bond motifs is 1. The van der Waals surface area contributed by atoms with E-state index in [-0.39, 0.29) is 0 Å². The van der Waals surface area contributed by atoms with Gasteiger partial charge in [-0.1, -0.05) is 22.0 Å². The first-order valence-corrected chi connectivity index (χ1v) is 8.44. The molecule has 1 saturated carbocycles. The van der Waals surface area contributed by atoms with Crippen molar-refractivity contribution in [1.29, 1.82) is 10.7 Å². The fourth-order valence-corrected chi connectivity index (χ4v) is 3.00. The molecule has 1 heterocycles. The lowest BCUT2D eigenvalue weighted by atomic mass is 9.80. The van der Waals surface area contributed by atoms with Gasteiger partial charge in [0.05, 0.1) is 29.0 Å². The highest BCUT2D eigenvalue weighted by atomic mass is 79.9. The summed E-state index contributed by atoms with van der Waals surface area (Å²) >= 11 is 3.44. The number of hydrogen-bond donors (Lipinski definition) is 2. The van der Waals surface area contributed by atoms with Gasteiger partial charge in [0.15, 0.2) is 0 Å². The largest absolute Gasteiger partial charge is 0.388 e. The highest BCUT2D eigenvalue weighted by Crippen LogP contribution is 2.28. The van der Waals surface area contributed by atoms with Gasteiger partial charge in [-0.15, -0.1) is 0 Å². The van der Waals surface area contributed by atoms with E-state index in [1.54, 1.807) is 12.3 Å². The zero-order valence-electron chi connectivity index (χ0n) is 12.9. The summed E-state index contributed by atoms with van der Waals surface area (Å²) in [6.07, 6.45) is 10.3. The Morgan fingerprint density at radius 3 is 2.96 bits per heavy atom. The van der Waals surface area contributed by atoms with Crippen molar-refractivity contribution in [3.8, 4) is 6.07 Å². The molecule has 0 bridgehead atoms. The predicted octanol–water partition coefficient (Wildman–Crippen LogP) is 3.83. The second kappa shape index (κ2) is 7.37. The van der Waals surface area contributed by atoms with E-state index in [2.05, 4.69) is 31.2 Å². The van der Waals surface area contributed by atoms with E-state index >= 15 is 0 Å². The Labute approximate surface area is 148 Å². The Morgan fingerprint density at radius 1 is 1.38 bits per heavy atom. The number of nitrogens with one attached hydrogen (secondary N) is 2. The van der Waals surface area contributed by atoms with Crippen LogP contribution in [0.25, 0.3) is 16.6 Å². The minimum atomic E-state index is 0.371. The van der Waals surface area contributed by atoms with Gasteiger partial charge in [-0.3, -0.25) is 4.98 Å². The lowest BCUT2D eigenvalue weighted by Gasteiger charge is -2.33. The molecule has 0 spiro atoms. The molecule has 0 saturated heterocycles. The summed E-state index contributed by atoms with van der Waals surface area (Å²) in [6, 6.07) is 8.14. The van der Waals surface area contributed by atoms with Gasteiger partial charge in [-0.25, -0.2) is 4.98 Å². The second-order valence-electron chi connectivity index (χ2n) is 5.72. The second-order valence-corrected chi connectivity index (χ2v) is 6.63. The summed E-state index contributed by atoms with van der Waals surface area (Å²) in [7, 11) is 0. The fourth-order valence-electron chi connectivity index (χ4n) is 2.66. The number of rotatable bonds is 5. The number of benzene rings is 1. The molecule has 3 rings (SSSR count). The van der Waals surface area contributed by atoms with Crippen molar-refractivity contribution in [3.05, 3.63) is 52.9 Å². The maximum absolute atomic E-state index is 8.52. The normalized spacial score (nSPS) is 20.6. The molecular formula is C18H16BrN5. The Morgan fingerprint density at radius 2 is 2.21 bits per heavy atom. The van der Waals surface area contributed by atoms with Gasteiger partial charge in [-0.05, 0) is 37.0 Å². The molecule has 1 aliphatic carbocycles. The summed E-state index contributed by atoms with van der Waals surface area (Å²) in [5.41, 5.74) is 2.98. The first-order valence-electron chi connectivity index (χ1n) is 7.65. The summed E-state index contributed by atoms with van der Waals surface area (Å²) in [4.78, 5) is 8.99. The number of halogens is 1. The van der Waals surface area contributed by atoms with Crippen molar-refractivity contribution in [3.63, 3.8) is 0 Å². The molecule has 1 aromatic carbocycles. The van der Waals surface area contributed by atoms with Crippen LogP contribution in [0.1, 0.15) is 18.5 Å². The summed E-state index contributed by atoms with van der Waals surface area (Å²) in [5, 5.41) is 19.5. The maximum atomic E-state index is 8.52. The number of allylic oxidation sites excluding steroid dienone is 3. The quantitative estimate of drug-likeness (QED) is 0.608. The van der Waals surface area contributed by atoms with Gasteiger partial charge in [-0.2, -0.15) is 5.26 Å². The van der Waals surface area contributed by atoms with Crippen LogP contribution in [0.2, 0.25) is 0 Å². The summed E-state index contributed by atoms with van der Waals surface area (Å²) < 4.78 is 0.950. The highest BCUT2D eigenvalue weighted by Gasteiger charge is 2.26. The Kier molecular flexibility index (Phi) is 5.02. The minimum Gasteiger partial charge on any atom is -0.388 e. The van der Waals surface area contributed by atoms with Crippen LogP contribution in [0.3, 0.4) is 0 Å². The Balaban J connectivity index is 1.71. The van der Waals surface area contributed by atoms with Crippen molar-refractivity contribution in [1.82, 2.24) is 15.3 Å². The molecule has 120 valence electrons. The Bertz CT molecular complexity index is 859. The van der Waals surface area contributed by atoms with E-state index in [1.165, 1.54) is 6.21 Å². The summed E-state index contributed by atoms with van der Waals surface area (Å²) in [5.74, 6) is 0.469. The first kappa shape index (κ1) is 16.3. The van der Waals surface area contributed by atoms with E-state index in [0.717, 1.165) is 28.3 Å². The lowest BCUT2D eigenvalue weighted by molar-refractivity contribution is 0.291. The van der Waals surface area contributed by atoms with E-state index in [0.29, 0.717) is 23.2 Å². The highest BCUT2D eigenvalue weighted by molar-refractivity contribution is 9.10. The predicted molar refractivity (Wildman–Crippen MR) is 98.4 cm³/mol. The van der Waals surface area contributed by atoms with Crippen molar-refractivity contribution in [2.45, 2.75) is 18.9 Å². The van der Waals surface area contributed by atoms with Gasteiger partial charge in [0.25, 0.3) is 0 Å². The van der Waals surface area contributed by atoms with Crippen LogP contribution in [0, 0.1) is 22.7 Å². The minimum absolute atomic E-state index is 0.371. The van der Waals surface area contributed by atoms with Crippen LogP contribution >= 0.6 is 15.9 Å². The number of aromatic nitrogens is 2. The van der Waals surface area contributed by atoms with Crippen LogP contribution in [0.15, 0.2) is 47.2 Å².